The van der Waals surface area contributed by atoms with Crippen LogP contribution in [0.1, 0.15) is 30.2 Å². The summed E-state index contributed by atoms with van der Waals surface area (Å²) in [7, 11) is 0.0539. The number of carbonyl (C=O) groups excluding carboxylic acids is 1. The maximum atomic E-state index is 15.7. The van der Waals surface area contributed by atoms with Gasteiger partial charge in [0, 0.05) is 39.4 Å². The molecule has 0 radical (unpaired) electrons. The highest BCUT2D eigenvalue weighted by atomic mass is 32.2. The van der Waals surface area contributed by atoms with Crippen LogP contribution in [-0.4, -0.2) is 90.5 Å². The minimum Gasteiger partial charge on any atom is -0.465 e. The van der Waals surface area contributed by atoms with Gasteiger partial charge in [0.1, 0.15) is 28.5 Å². The number of aromatic nitrogens is 6. The van der Waals surface area contributed by atoms with Crippen LogP contribution in [0.4, 0.5) is 13.6 Å². The lowest BCUT2D eigenvalue weighted by atomic mass is 9.84. The van der Waals surface area contributed by atoms with Crippen LogP contribution >= 0.6 is 11.8 Å². The van der Waals surface area contributed by atoms with Gasteiger partial charge in [0.2, 0.25) is 11.6 Å². The predicted molar refractivity (Wildman–Crippen MR) is 185 cm³/mol. The number of pyridine rings is 1. The molecule has 1 aromatic carbocycles. The smallest absolute Gasteiger partial charge is 0.415 e. The highest BCUT2D eigenvalue weighted by Gasteiger charge is 2.71. The Labute approximate surface area is 291 Å². The number of amides is 2. The Morgan fingerprint density at radius 3 is 2.72 bits per heavy atom. The number of thioether (sulfide) groups is 1. The van der Waals surface area contributed by atoms with E-state index in [0.29, 0.717) is 24.2 Å². The second kappa shape index (κ2) is 13.5. The van der Waals surface area contributed by atoms with E-state index in [1.165, 1.54) is 43.7 Å². The number of nitrogens with zero attached hydrogens (tertiary/aromatic N) is 8. The van der Waals surface area contributed by atoms with Crippen LogP contribution in [0.5, 0.6) is 5.88 Å². The maximum absolute atomic E-state index is 15.7. The van der Waals surface area contributed by atoms with Crippen molar-refractivity contribution in [2.75, 3.05) is 20.4 Å². The first-order valence-corrected chi connectivity index (χ1v) is 20.2. The van der Waals surface area contributed by atoms with Crippen molar-refractivity contribution >= 4 is 60.1 Å². The fourth-order valence-electron chi connectivity index (χ4n) is 5.69. The largest absolute Gasteiger partial charge is 0.465 e. The normalized spacial score (nSPS) is 21.7. The Morgan fingerprint density at radius 1 is 1.22 bits per heavy atom. The number of fused-ring (bicyclic) bond motifs is 2. The van der Waals surface area contributed by atoms with Crippen LogP contribution < -0.4 is 10.2 Å². The van der Waals surface area contributed by atoms with E-state index in [2.05, 4.69) is 50.2 Å². The zero-order chi connectivity index (χ0) is 35.8. The summed E-state index contributed by atoms with van der Waals surface area (Å²) in [6.07, 6.45) is 4.11. The number of ether oxygens (including phenoxy) is 1. The molecule has 1 fully saturated rings. The quantitative estimate of drug-likeness (QED) is 0.119. The Morgan fingerprint density at radius 2 is 2.02 bits per heavy atom. The minimum absolute atomic E-state index is 0.0146. The summed E-state index contributed by atoms with van der Waals surface area (Å²) in [4.78, 5) is 50.4. The van der Waals surface area contributed by atoms with Gasteiger partial charge in [-0.1, -0.05) is 42.3 Å². The third-order valence-corrected chi connectivity index (χ3v) is 11.7. The van der Waals surface area contributed by atoms with E-state index in [4.69, 9.17) is 14.6 Å². The van der Waals surface area contributed by atoms with Crippen LogP contribution in [0.2, 0.25) is 25.7 Å². The molecule has 50 heavy (non-hydrogen) atoms. The Bertz CT molecular complexity index is 2010. The molecule has 6 rings (SSSR count). The molecule has 1 aliphatic carbocycles. The number of rotatable bonds is 11. The number of halogens is 2. The first-order valence-electron chi connectivity index (χ1n) is 15.7. The van der Waals surface area contributed by atoms with E-state index in [0.717, 1.165) is 27.6 Å². The van der Waals surface area contributed by atoms with Gasteiger partial charge in [0.25, 0.3) is 5.88 Å². The summed E-state index contributed by atoms with van der Waals surface area (Å²) < 4.78 is 35.9. The summed E-state index contributed by atoms with van der Waals surface area (Å²) in [6.45, 7) is 8.27. The Hall–Kier alpha value is -4.81. The lowest BCUT2D eigenvalue weighted by molar-refractivity contribution is -0.121. The van der Waals surface area contributed by atoms with Crippen molar-refractivity contribution < 1.29 is 33.1 Å². The minimum atomic E-state index is -1.44. The number of nitrogens with one attached hydrogen (secondary N) is 1. The molecule has 0 bridgehead atoms. The average molecular weight is 724 g/mol. The summed E-state index contributed by atoms with van der Waals surface area (Å²) in [6, 6.07) is 8.27. The number of hydrogen-bond donors (Lipinski definition) is 2. The molecule has 2 aliphatic rings. The van der Waals surface area contributed by atoms with Crippen molar-refractivity contribution in [1.29, 1.82) is 0 Å². The topological polar surface area (TPSA) is 170 Å². The van der Waals surface area contributed by atoms with E-state index in [1.54, 1.807) is 25.3 Å². The van der Waals surface area contributed by atoms with Gasteiger partial charge in [-0.05, 0) is 60.5 Å². The third-order valence-electron chi connectivity index (χ3n) is 8.54. The molecule has 2 N–H and O–H groups in total. The van der Waals surface area contributed by atoms with Crippen molar-refractivity contribution in [2.45, 2.75) is 49.3 Å². The molecule has 0 saturated heterocycles. The maximum Gasteiger partial charge on any atom is 0.415 e. The first-order chi connectivity index (χ1) is 23.7. The van der Waals surface area contributed by atoms with Gasteiger partial charge in [0.15, 0.2) is 11.0 Å². The van der Waals surface area contributed by atoms with Gasteiger partial charge in [-0.15, -0.1) is 5.10 Å². The van der Waals surface area contributed by atoms with Crippen molar-refractivity contribution in [1.82, 2.24) is 40.3 Å². The first kappa shape index (κ1) is 35.0. The van der Waals surface area contributed by atoms with Crippen LogP contribution in [0.15, 0.2) is 53.9 Å². The SMILES string of the molecule is CNC(=O)[C@]12C[C@H]1[C@@](C)(c1cc(/C=C(\F)c3cnc(On4nnc5cccnc54)cn3)ccc1F)N=C(N(COCC[Si](C)(C)C)C(=O)O)S2. The van der Waals surface area contributed by atoms with E-state index in [-0.39, 0.29) is 40.5 Å². The molecule has 4 heterocycles. The number of carbonyl (C=O) groups is 2. The van der Waals surface area contributed by atoms with Crippen molar-refractivity contribution in [3.63, 3.8) is 0 Å². The summed E-state index contributed by atoms with van der Waals surface area (Å²) in [5.41, 5.74) is -0.247. The summed E-state index contributed by atoms with van der Waals surface area (Å²) in [5, 5.41) is 20.6. The molecule has 4 aromatic rings. The van der Waals surface area contributed by atoms with Crippen molar-refractivity contribution in [2.24, 2.45) is 10.9 Å². The number of amidine groups is 1. The summed E-state index contributed by atoms with van der Waals surface area (Å²) in [5.74, 6) is -2.18. The Balaban J connectivity index is 1.27. The number of hydrogen-bond acceptors (Lipinski definition) is 11. The number of aliphatic imine (C=N–C) groups is 1. The van der Waals surface area contributed by atoms with E-state index >= 15 is 8.78 Å². The monoisotopic (exact) mass is 723 g/mol. The van der Waals surface area contributed by atoms with Gasteiger partial charge in [0.05, 0.1) is 17.9 Å². The van der Waals surface area contributed by atoms with E-state index < -0.39 is 42.0 Å². The average Bonchev–Trinajstić information content (AvgIpc) is 3.72. The van der Waals surface area contributed by atoms with Crippen LogP contribution in [0.3, 0.4) is 0 Å². The third kappa shape index (κ3) is 6.95. The molecule has 3 atom stereocenters. The van der Waals surface area contributed by atoms with Crippen LogP contribution in [0.25, 0.3) is 23.1 Å². The molecule has 0 spiro atoms. The molecule has 1 aliphatic heterocycles. The van der Waals surface area contributed by atoms with Gasteiger partial charge in [-0.25, -0.2) is 33.4 Å². The highest BCUT2D eigenvalue weighted by molar-refractivity contribution is 8.16. The molecule has 14 nitrogen and oxygen atoms in total. The fraction of sp³-hybridized carbons (Fsp3) is 0.375. The lowest BCUT2D eigenvalue weighted by Gasteiger charge is -2.36. The standard InChI is InChI=1S/C32H35F2N9O5SSi/c1-31(25-15-32(25,28(44)35-2)49-29(39-31)42(30(45)46)18-47-11-12-50(3,4)5)20-13-19(8-9-21(20)33)14-22(34)24-16-38-26(17-37-24)48-43-27-23(40-41-43)7-6-10-36-27/h6-10,13-14,16-17,25H,11-12,15,18H2,1-5H3,(H,35,44)(H,45,46)/b22-14-/t25-,31+,32-/m0/s1. The molecule has 2 amide bonds. The van der Waals surface area contributed by atoms with E-state index in [1.807, 2.05) is 0 Å². The molecule has 18 heteroatoms. The number of carboxylic acid groups (broad SMARTS) is 1. The molecule has 0 unspecified atom stereocenters. The van der Waals surface area contributed by atoms with Gasteiger partial charge in [-0.2, -0.15) is 0 Å². The second-order valence-corrected chi connectivity index (χ2v) is 20.2. The zero-order valence-corrected chi connectivity index (χ0v) is 29.7. The predicted octanol–water partition coefficient (Wildman–Crippen LogP) is 5.18. The Kier molecular flexibility index (Phi) is 9.44. The van der Waals surface area contributed by atoms with E-state index in [9.17, 15) is 14.7 Å². The summed E-state index contributed by atoms with van der Waals surface area (Å²) >= 11 is 1.04. The van der Waals surface area contributed by atoms with Gasteiger partial charge in [-0.3, -0.25) is 9.79 Å². The lowest BCUT2D eigenvalue weighted by Crippen LogP contribution is -2.47. The molecular formula is C32H35F2N9O5SSi. The molecule has 3 aromatic heterocycles. The number of benzene rings is 1. The fourth-order valence-corrected chi connectivity index (χ4v) is 8.07. The van der Waals surface area contributed by atoms with Crippen molar-refractivity contribution in [3.8, 4) is 5.88 Å². The van der Waals surface area contributed by atoms with Crippen LogP contribution in [0, 0.1) is 11.7 Å². The molecular weight excluding hydrogens is 689 g/mol. The second-order valence-electron chi connectivity index (χ2n) is 13.3. The van der Waals surface area contributed by atoms with Crippen molar-refractivity contribution in [3.05, 3.63) is 71.6 Å². The molecule has 1 saturated carbocycles. The molecule has 262 valence electrons. The van der Waals surface area contributed by atoms with Crippen LogP contribution in [-0.2, 0) is 15.1 Å². The highest BCUT2D eigenvalue weighted by Crippen LogP contribution is 2.66. The van der Waals surface area contributed by atoms with Gasteiger partial charge >= 0.3 is 6.09 Å². The zero-order valence-electron chi connectivity index (χ0n) is 27.9. The van der Waals surface area contributed by atoms with Gasteiger partial charge < -0.3 is 20.0 Å².